The van der Waals surface area contributed by atoms with Crippen molar-refractivity contribution >= 4 is 29.4 Å². The first kappa shape index (κ1) is 23.7. The molecule has 1 aromatic heterocycles. The quantitative estimate of drug-likeness (QED) is 0.402. The summed E-state index contributed by atoms with van der Waals surface area (Å²) in [5, 5.41) is 34.6. The molecule has 0 aliphatic heterocycles. The van der Waals surface area contributed by atoms with Gasteiger partial charge in [-0.25, -0.2) is 0 Å². The number of amides is 2. The number of rotatable bonds is 8. The van der Waals surface area contributed by atoms with Crippen LogP contribution in [0, 0.1) is 5.92 Å². The van der Waals surface area contributed by atoms with E-state index in [1.807, 2.05) is 19.2 Å². The summed E-state index contributed by atoms with van der Waals surface area (Å²) in [6.45, 7) is 2.71. The second-order valence-electron chi connectivity index (χ2n) is 7.09. The smallest absolute Gasteiger partial charge is 0.322 e. The molecule has 10 nitrogen and oxygen atoms in total. The van der Waals surface area contributed by atoms with Gasteiger partial charge in [0.15, 0.2) is 5.75 Å². The number of pyridine rings is 1. The normalized spacial score (nSPS) is 10.7. The molecule has 2 amide bonds. The number of halogens is 1. The van der Waals surface area contributed by atoms with E-state index in [0.717, 1.165) is 0 Å². The fraction of sp³-hybridized carbons (Fsp3) is 0.300. The molecule has 0 radical (unpaired) electrons. The monoisotopic (exact) mass is 451 g/mol. The van der Waals surface area contributed by atoms with Gasteiger partial charge in [-0.1, -0.05) is 43.6 Å². The Morgan fingerprint density at radius 3 is 2.26 bits per heavy atom. The lowest BCUT2D eigenvalue weighted by Gasteiger charge is -2.17. The zero-order chi connectivity index (χ0) is 23.3. The number of carboxylic acids is 1. The number of hydrogen-bond acceptors (Lipinski definition) is 6. The maximum atomic E-state index is 12.9. The third kappa shape index (κ3) is 5.54. The van der Waals surface area contributed by atoms with Gasteiger partial charge in [-0.3, -0.25) is 23.7 Å². The highest BCUT2D eigenvalue weighted by Gasteiger charge is 2.30. The van der Waals surface area contributed by atoms with Gasteiger partial charge in [0.2, 0.25) is 5.88 Å². The zero-order valence-electron chi connectivity index (χ0n) is 16.8. The van der Waals surface area contributed by atoms with Gasteiger partial charge in [-0.15, -0.1) is 0 Å². The van der Waals surface area contributed by atoms with E-state index in [1.165, 1.54) is 0 Å². The summed E-state index contributed by atoms with van der Waals surface area (Å²) < 4.78 is 0.709. The summed E-state index contributed by atoms with van der Waals surface area (Å²) >= 11 is 6.11. The number of nitrogens with one attached hydrogen (secondary N) is 2. The van der Waals surface area contributed by atoms with Crippen molar-refractivity contribution in [2.75, 3.05) is 13.1 Å². The van der Waals surface area contributed by atoms with Crippen molar-refractivity contribution in [2.24, 2.45) is 5.92 Å². The number of carbonyl (C=O) groups is 3. The Morgan fingerprint density at radius 2 is 1.68 bits per heavy atom. The van der Waals surface area contributed by atoms with Crippen LogP contribution in [0.4, 0.5) is 0 Å². The van der Waals surface area contributed by atoms with Crippen LogP contribution in [0.5, 0.6) is 11.6 Å². The summed E-state index contributed by atoms with van der Waals surface area (Å²) in [4.78, 5) is 48.7. The van der Waals surface area contributed by atoms with Crippen LogP contribution < -0.4 is 16.2 Å². The number of hydrogen-bond donors (Lipinski definition) is 5. The zero-order valence-corrected chi connectivity index (χ0v) is 17.6. The fourth-order valence-corrected chi connectivity index (χ4v) is 2.88. The van der Waals surface area contributed by atoms with Gasteiger partial charge >= 0.3 is 5.97 Å². The van der Waals surface area contributed by atoms with Crippen LogP contribution in [0.1, 0.15) is 40.1 Å². The third-order valence-corrected chi connectivity index (χ3v) is 4.59. The molecule has 31 heavy (non-hydrogen) atoms. The molecule has 11 heteroatoms. The average molecular weight is 452 g/mol. The van der Waals surface area contributed by atoms with Crippen LogP contribution in [0.2, 0.25) is 5.02 Å². The van der Waals surface area contributed by atoms with Crippen LogP contribution >= 0.6 is 11.6 Å². The highest BCUT2D eigenvalue weighted by Crippen LogP contribution is 2.29. The highest BCUT2D eigenvalue weighted by atomic mass is 35.5. The van der Waals surface area contributed by atoms with Crippen molar-refractivity contribution in [1.82, 2.24) is 15.2 Å². The van der Waals surface area contributed by atoms with E-state index in [2.05, 4.69) is 5.32 Å². The molecule has 0 saturated carbocycles. The predicted octanol–water partition coefficient (Wildman–Crippen LogP) is 1.16. The van der Waals surface area contributed by atoms with Gasteiger partial charge in [0.25, 0.3) is 17.4 Å². The molecule has 0 atom stereocenters. The lowest BCUT2D eigenvalue weighted by Crippen LogP contribution is -2.37. The minimum atomic E-state index is -1.38. The molecule has 0 saturated heterocycles. The molecular weight excluding hydrogens is 430 g/mol. The van der Waals surface area contributed by atoms with E-state index in [0.29, 0.717) is 10.1 Å². The van der Waals surface area contributed by atoms with E-state index in [9.17, 15) is 29.4 Å². The molecule has 2 aromatic rings. The van der Waals surface area contributed by atoms with Crippen LogP contribution in [0.15, 0.2) is 29.1 Å². The van der Waals surface area contributed by atoms with E-state index >= 15 is 0 Å². The number of aromatic hydroxyl groups is 2. The van der Waals surface area contributed by atoms with Crippen LogP contribution in [-0.2, 0) is 11.3 Å². The Bertz CT molecular complexity index is 1080. The van der Waals surface area contributed by atoms with Gasteiger partial charge in [-0.05, 0) is 17.5 Å². The van der Waals surface area contributed by atoms with Gasteiger partial charge in [0.1, 0.15) is 17.7 Å². The average Bonchev–Trinajstić information content (AvgIpc) is 2.69. The first-order valence-electron chi connectivity index (χ1n) is 9.24. The Labute approximate surface area is 182 Å². The first-order chi connectivity index (χ1) is 14.5. The largest absolute Gasteiger partial charge is 0.506 e. The number of aliphatic carboxylic acids is 1. The Hall–Kier alpha value is -3.53. The second kappa shape index (κ2) is 9.98. The summed E-state index contributed by atoms with van der Waals surface area (Å²) in [6.07, 6.45) is 0. The molecule has 166 valence electrons. The number of benzene rings is 1. The minimum Gasteiger partial charge on any atom is -0.506 e. The maximum Gasteiger partial charge on any atom is 0.322 e. The molecule has 0 aliphatic rings. The van der Waals surface area contributed by atoms with Gasteiger partial charge < -0.3 is 26.0 Å². The number of carbonyl (C=O) groups excluding carboxylic acids is 2. The molecule has 1 aromatic carbocycles. The van der Waals surface area contributed by atoms with E-state index in [-0.39, 0.29) is 24.0 Å². The molecule has 0 spiro atoms. The highest BCUT2D eigenvalue weighted by molar-refractivity contribution is 6.31. The van der Waals surface area contributed by atoms with Crippen molar-refractivity contribution in [3.63, 3.8) is 0 Å². The lowest BCUT2D eigenvalue weighted by molar-refractivity contribution is -0.135. The third-order valence-electron chi connectivity index (χ3n) is 4.22. The van der Waals surface area contributed by atoms with Crippen molar-refractivity contribution < 1.29 is 29.7 Å². The molecule has 5 N–H and O–H groups in total. The summed E-state index contributed by atoms with van der Waals surface area (Å²) in [7, 11) is 0. The molecular formula is C20H22ClN3O7. The Kier molecular flexibility index (Phi) is 7.65. The Balaban J connectivity index is 2.66. The number of carboxylic acid groups (broad SMARTS) is 1. The first-order valence-corrected chi connectivity index (χ1v) is 9.62. The maximum absolute atomic E-state index is 12.9. The molecule has 0 unspecified atom stereocenters. The van der Waals surface area contributed by atoms with E-state index in [4.69, 9.17) is 16.7 Å². The van der Waals surface area contributed by atoms with Crippen molar-refractivity contribution in [1.29, 1.82) is 0 Å². The van der Waals surface area contributed by atoms with Crippen molar-refractivity contribution in [3.8, 4) is 11.6 Å². The standard InChI is InChI=1S/C20H22ClN3O7/c1-10(2)7-22-17(28)14-16(27)15(18(29)23-8-13(25)26)20(31)24(19(14)30)9-11-5-3-4-6-12(11)21/h3-6,10,27,30H,7-9H2,1-2H3,(H,22,28)(H,23,29)(H,25,26). The van der Waals surface area contributed by atoms with Crippen molar-refractivity contribution in [2.45, 2.75) is 20.4 Å². The van der Waals surface area contributed by atoms with Crippen molar-refractivity contribution in [3.05, 3.63) is 56.3 Å². The molecule has 0 bridgehead atoms. The van der Waals surface area contributed by atoms with Crippen LogP contribution in [0.25, 0.3) is 0 Å². The Morgan fingerprint density at radius 1 is 1.06 bits per heavy atom. The minimum absolute atomic E-state index is 0.0422. The van der Waals surface area contributed by atoms with E-state index < -0.39 is 52.6 Å². The fourth-order valence-electron chi connectivity index (χ4n) is 2.69. The molecule has 0 fully saturated rings. The number of aromatic nitrogens is 1. The predicted molar refractivity (Wildman–Crippen MR) is 112 cm³/mol. The summed E-state index contributed by atoms with van der Waals surface area (Å²) in [5.74, 6) is -5.38. The van der Waals surface area contributed by atoms with Crippen LogP contribution in [0.3, 0.4) is 0 Å². The lowest BCUT2D eigenvalue weighted by atomic mass is 10.1. The topological polar surface area (TPSA) is 158 Å². The van der Waals surface area contributed by atoms with Gasteiger partial charge in [0.05, 0.1) is 6.54 Å². The summed E-state index contributed by atoms with van der Waals surface area (Å²) in [6, 6.07) is 6.42. The number of nitrogens with zero attached hydrogens (tertiary/aromatic N) is 1. The molecule has 2 rings (SSSR count). The van der Waals surface area contributed by atoms with Gasteiger partial charge in [0, 0.05) is 11.6 Å². The van der Waals surface area contributed by atoms with E-state index in [1.54, 1.807) is 24.3 Å². The molecule has 1 heterocycles. The second-order valence-corrected chi connectivity index (χ2v) is 7.49. The molecule has 0 aliphatic carbocycles. The SMILES string of the molecule is CC(C)CNC(=O)c1c(O)c(C(=O)NCC(=O)O)c(=O)n(Cc2ccccc2Cl)c1O. The van der Waals surface area contributed by atoms with Crippen LogP contribution in [-0.4, -0.2) is 50.8 Å². The van der Waals surface area contributed by atoms with Gasteiger partial charge in [-0.2, -0.15) is 0 Å². The summed E-state index contributed by atoms with van der Waals surface area (Å²) in [5.41, 5.74) is -2.29.